The monoisotopic (exact) mass is 351 g/mol. The van der Waals surface area contributed by atoms with Crippen LogP contribution >= 0.6 is 27.5 Å². The Bertz CT molecular complexity index is 610. The van der Waals surface area contributed by atoms with Gasteiger partial charge in [-0.3, -0.25) is 4.79 Å². The van der Waals surface area contributed by atoms with Crippen LogP contribution in [0.15, 0.2) is 46.9 Å². The second kappa shape index (κ2) is 6.91. The summed E-state index contributed by atoms with van der Waals surface area (Å²) in [4.78, 5) is 12.2. The summed E-state index contributed by atoms with van der Waals surface area (Å²) < 4.78 is 0.824. The number of carbonyl (C=O) groups excluding carboxylic acids is 1. The third kappa shape index (κ3) is 3.84. The molecule has 0 aromatic heterocycles. The van der Waals surface area contributed by atoms with Crippen molar-refractivity contribution >= 4 is 39.1 Å². The first kappa shape index (κ1) is 15.1. The molecule has 0 spiro atoms. The van der Waals surface area contributed by atoms with E-state index in [-0.39, 0.29) is 5.91 Å². The first-order chi connectivity index (χ1) is 9.60. The summed E-state index contributed by atoms with van der Waals surface area (Å²) in [6.45, 7) is 2.14. The molecular weight excluding hydrogens is 338 g/mol. The van der Waals surface area contributed by atoms with Gasteiger partial charge in [0.1, 0.15) is 0 Å². The van der Waals surface area contributed by atoms with Gasteiger partial charge in [-0.2, -0.15) is 0 Å². The summed E-state index contributed by atoms with van der Waals surface area (Å²) in [5, 5.41) is 3.29. The van der Waals surface area contributed by atoms with Crippen LogP contribution in [0.1, 0.15) is 29.3 Å². The van der Waals surface area contributed by atoms with Crippen molar-refractivity contribution in [3.05, 3.63) is 63.1 Å². The first-order valence-electron chi connectivity index (χ1n) is 6.45. The van der Waals surface area contributed by atoms with Gasteiger partial charge in [0.2, 0.25) is 0 Å². The molecule has 1 amide bonds. The van der Waals surface area contributed by atoms with Crippen molar-refractivity contribution in [2.45, 2.75) is 19.8 Å². The van der Waals surface area contributed by atoms with Crippen molar-refractivity contribution < 1.29 is 4.79 Å². The Kier molecular flexibility index (Phi) is 5.21. The molecule has 104 valence electrons. The lowest BCUT2D eigenvalue weighted by Crippen LogP contribution is -2.12. The van der Waals surface area contributed by atoms with Crippen LogP contribution in [-0.4, -0.2) is 5.91 Å². The molecular formula is C16H15BrClNO. The maximum absolute atomic E-state index is 12.2. The van der Waals surface area contributed by atoms with Gasteiger partial charge in [0.05, 0.1) is 10.6 Å². The van der Waals surface area contributed by atoms with Crippen LogP contribution in [0, 0.1) is 0 Å². The van der Waals surface area contributed by atoms with Gasteiger partial charge in [-0.15, -0.1) is 0 Å². The van der Waals surface area contributed by atoms with E-state index in [2.05, 4.69) is 28.2 Å². The van der Waals surface area contributed by atoms with Crippen molar-refractivity contribution in [3.63, 3.8) is 0 Å². The van der Waals surface area contributed by atoms with Crippen molar-refractivity contribution in [3.8, 4) is 0 Å². The lowest BCUT2D eigenvalue weighted by atomic mass is 10.1. The molecule has 0 aliphatic heterocycles. The number of hydrogen-bond acceptors (Lipinski definition) is 1. The quantitative estimate of drug-likeness (QED) is 0.794. The number of carbonyl (C=O) groups is 1. The van der Waals surface area contributed by atoms with Crippen LogP contribution in [0.2, 0.25) is 5.02 Å². The number of aryl methyl sites for hydroxylation is 1. The number of amides is 1. The van der Waals surface area contributed by atoms with Gasteiger partial charge in [0.15, 0.2) is 0 Å². The Morgan fingerprint density at radius 2 is 1.90 bits per heavy atom. The zero-order chi connectivity index (χ0) is 14.5. The molecule has 0 radical (unpaired) electrons. The lowest BCUT2D eigenvalue weighted by molar-refractivity contribution is 0.102. The second-order valence-corrected chi connectivity index (χ2v) is 5.85. The highest BCUT2D eigenvalue weighted by atomic mass is 79.9. The largest absolute Gasteiger partial charge is 0.322 e. The van der Waals surface area contributed by atoms with Crippen LogP contribution in [0.3, 0.4) is 0 Å². The lowest BCUT2D eigenvalue weighted by Gasteiger charge is -2.08. The Morgan fingerprint density at radius 3 is 2.55 bits per heavy atom. The van der Waals surface area contributed by atoms with E-state index in [0.717, 1.165) is 23.0 Å². The zero-order valence-corrected chi connectivity index (χ0v) is 13.5. The van der Waals surface area contributed by atoms with E-state index in [9.17, 15) is 4.79 Å². The number of anilines is 1. The van der Waals surface area contributed by atoms with Crippen molar-refractivity contribution in [1.29, 1.82) is 0 Å². The van der Waals surface area contributed by atoms with E-state index in [1.807, 2.05) is 24.3 Å². The fourth-order valence-corrected chi connectivity index (χ4v) is 2.48. The number of nitrogens with one attached hydrogen (secondary N) is 1. The van der Waals surface area contributed by atoms with E-state index < -0.39 is 0 Å². The molecule has 0 atom stereocenters. The maximum atomic E-state index is 12.2. The average molecular weight is 353 g/mol. The molecule has 4 heteroatoms. The molecule has 0 aliphatic rings. The minimum atomic E-state index is -0.209. The van der Waals surface area contributed by atoms with Crippen LogP contribution in [0.5, 0.6) is 0 Å². The summed E-state index contributed by atoms with van der Waals surface area (Å²) in [6.07, 6.45) is 2.16. The Morgan fingerprint density at radius 1 is 1.20 bits per heavy atom. The third-order valence-electron chi connectivity index (χ3n) is 2.92. The fourth-order valence-electron chi connectivity index (χ4n) is 1.91. The van der Waals surface area contributed by atoms with Gasteiger partial charge in [-0.25, -0.2) is 0 Å². The molecule has 0 fully saturated rings. The summed E-state index contributed by atoms with van der Waals surface area (Å²) in [7, 11) is 0. The Balaban J connectivity index is 2.13. The summed E-state index contributed by atoms with van der Waals surface area (Å²) in [5.41, 5.74) is 2.50. The second-order valence-electron chi connectivity index (χ2n) is 4.53. The van der Waals surface area contributed by atoms with E-state index >= 15 is 0 Å². The number of benzene rings is 2. The van der Waals surface area contributed by atoms with E-state index in [1.165, 1.54) is 5.56 Å². The minimum Gasteiger partial charge on any atom is -0.322 e. The molecule has 2 rings (SSSR count). The van der Waals surface area contributed by atoms with Crippen LogP contribution in [0.4, 0.5) is 5.69 Å². The summed E-state index contributed by atoms with van der Waals surface area (Å²) in [6, 6.07) is 13.1. The molecule has 0 saturated carbocycles. The third-order valence-corrected chi connectivity index (χ3v) is 3.75. The van der Waals surface area contributed by atoms with E-state index in [1.54, 1.807) is 18.2 Å². The standard InChI is InChI=1S/C16H15BrClNO/c1-2-3-11-4-7-13(8-5-11)19-16(20)14-10-12(17)6-9-15(14)18/h4-10H,2-3H2,1H3,(H,19,20). The molecule has 0 unspecified atom stereocenters. The predicted octanol–water partition coefficient (Wildman–Crippen LogP) is 5.31. The van der Waals surface area contributed by atoms with Crippen molar-refractivity contribution in [2.75, 3.05) is 5.32 Å². The number of halogens is 2. The average Bonchev–Trinajstić information content (AvgIpc) is 2.44. The minimum absolute atomic E-state index is 0.209. The van der Waals surface area contributed by atoms with Crippen LogP contribution in [0.25, 0.3) is 0 Å². The Hall–Kier alpha value is -1.32. The van der Waals surface area contributed by atoms with Crippen molar-refractivity contribution in [1.82, 2.24) is 0 Å². The van der Waals surface area contributed by atoms with Crippen molar-refractivity contribution in [2.24, 2.45) is 0 Å². The SMILES string of the molecule is CCCc1ccc(NC(=O)c2cc(Br)ccc2Cl)cc1. The molecule has 0 aliphatic carbocycles. The normalized spacial score (nSPS) is 10.3. The molecule has 0 heterocycles. The summed E-state index contributed by atoms with van der Waals surface area (Å²) in [5.74, 6) is -0.209. The van der Waals surface area contributed by atoms with E-state index in [0.29, 0.717) is 10.6 Å². The molecule has 1 N–H and O–H groups in total. The molecule has 0 bridgehead atoms. The highest BCUT2D eigenvalue weighted by Crippen LogP contribution is 2.22. The highest BCUT2D eigenvalue weighted by molar-refractivity contribution is 9.10. The smallest absolute Gasteiger partial charge is 0.257 e. The first-order valence-corrected chi connectivity index (χ1v) is 7.62. The van der Waals surface area contributed by atoms with Crippen LogP contribution < -0.4 is 5.32 Å². The number of hydrogen-bond donors (Lipinski definition) is 1. The predicted molar refractivity (Wildman–Crippen MR) is 87.5 cm³/mol. The molecule has 20 heavy (non-hydrogen) atoms. The molecule has 2 aromatic carbocycles. The van der Waals surface area contributed by atoms with Crippen LogP contribution in [-0.2, 0) is 6.42 Å². The van der Waals surface area contributed by atoms with Gasteiger partial charge in [0, 0.05) is 10.2 Å². The molecule has 0 saturated heterocycles. The zero-order valence-electron chi connectivity index (χ0n) is 11.1. The van der Waals surface area contributed by atoms with Gasteiger partial charge in [0.25, 0.3) is 5.91 Å². The topological polar surface area (TPSA) is 29.1 Å². The fraction of sp³-hybridized carbons (Fsp3) is 0.188. The van der Waals surface area contributed by atoms with E-state index in [4.69, 9.17) is 11.6 Å². The summed E-state index contributed by atoms with van der Waals surface area (Å²) >= 11 is 9.38. The maximum Gasteiger partial charge on any atom is 0.257 e. The van der Waals surface area contributed by atoms with Gasteiger partial charge < -0.3 is 5.32 Å². The molecule has 2 nitrogen and oxygen atoms in total. The highest BCUT2D eigenvalue weighted by Gasteiger charge is 2.11. The van der Waals surface area contributed by atoms with Gasteiger partial charge >= 0.3 is 0 Å². The van der Waals surface area contributed by atoms with Gasteiger partial charge in [-0.05, 0) is 42.3 Å². The Labute approximate surface area is 132 Å². The number of rotatable bonds is 4. The van der Waals surface area contributed by atoms with Gasteiger partial charge in [-0.1, -0.05) is 53.0 Å². The molecule has 2 aromatic rings.